The molecule has 7 heteroatoms. The second kappa shape index (κ2) is 6.53. The molecule has 0 aliphatic carbocycles. The molecule has 0 saturated heterocycles. The van der Waals surface area contributed by atoms with Crippen LogP contribution in [0.15, 0.2) is 54.6 Å². The molecule has 7 nitrogen and oxygen atoms in total. The van der Waals surface area contributed by atoms with E-state index in [2.05, 4.69) is 15.3 Å². The molecule has 0 aliphatic rings. The van der Waals surface area contributed by atoms with Crippen molar-refractivity contribution in [1.29, 1.82) is 0 Å². The fraction of sp³-hybridized carbons (Fsp3) is 0.100. The lowest BCUT2D eigenvalue weighted by molar-refractivity contribution is 0.0997. The number of para-hydroxylation sites is 1. The Bertz CT molecular complexity index is 1130. The average molecular weight is 358 g/mol. The van der Waals surface area contributed by atoms with Crippen molar-refractivity contribution in [2.45, 2.75) is 6.92 Å². The van der Waals surface area contributed by atoms with E-state index in [4.69, 9.17) is 10.7 Å². The van der Waals surface area contributed by atoms with Crippen LogP contribution in [0.1, 0.15) is 16.1 Å². The first-order chi connectivity index (χ1) is 13.1. The van der Waals surface area contributed by atoms with Crippen LogP contribution >= 0.6 is 0 Å². The first-order valence-electron chi connectivity index (χ1n) is 8.49. The van der Waals surface area contributed by atoms with Crippen molar-refractivity contribution in [2.24, 2.45) is 5.73 Å². The zero-order valence-electron chi connectivity index (χ0n) is 15.0. The second-order valence-electron chi connectivity index (χ2n) is 6.15. The number of fused-ring (bicyclic) bond motifs is 1. The van der Waals surface area contributed by atoms with Gasteiger partial charge in [-0.25, -0.2) is 15.0 Å². The van der Waals surface area contributed by atoms with Crippen molar-refractivity contribution in [3.8, 4) is 17.1 Å². The minimum Gasteiger partial charge on any atom is -0.364 e. The number of rotatable bonds is 4. The summed E-state index contributed by atoms with van der Waals surface area (Å²) in [5.41, 5.74) is 9.37. The highest BCUT2D eigenvalue weighted by Crippen LogP contribution is 2.27. The maximum atomic E-state index is 12.1. The molecule has 0 unspecified atom stereocenters. The SMILES string of the molecule is CNc1nc2c(C(N)=O)nc(-c3ccc(C)cc3)nc2n1-c1ccccc1. The molecule has 4 rings (SSSR count). The van der Waals surface area contributed by atoms with Gasteiger partial charge in [-0.05, 0) is 19.1 Å². The summed E-state index contributed by atoms with van der Waals surface area (Å²) in [7, 11) is 1.76. The van der Waals surface area contributed by atoms with Crippen molar-refractivity contribution >= 4 is 23.0 Å². The number of nitrogens with two attached hydrogens (primary N) is 1. The Morgan fingerprint density at radius 1 is 1.00 bits per heavy atom. The fourth-order valence-corrected chi connectivity index (χ4v) is 2.95. The highest BCUT2D eigenvalue weighted by Gasteiger charge is 2.21. The Kier molecular flexibility index (Phi) is 4.04. The smallest absolute Gasteiger partial charge is 0.269 e. The van der Waals surface area contributed by atoms with Gasteiger partial charge in [0.05, 0.1) is 5.69 Å². The number of carbonyl (C=O) groups excluding carboxylic acids is 1. The first kappa shape index (κ1) is 16.7. The maximum absolute atomic E-state index is 12.1. The van der Waals surface area contributed by atoms with Gasteiger partial charge in [-0.15, -0.1) is 0 Å². The Labute approximate surface area is 155 Å². The number of aromatic nitrogens is 4. The van der Waals surface area contributed by atoms with Crippen LogP contribution in [0, 0.1) is 6.92 Å². The number of imidazole rings is 1. The number of primary amides is 1. The van der Waals surface area contributed by atoms with E-state index >= 15 is 0 Å². The van der Waals surface area contributed by atoms with E-state index < -0.39 is 5.91 Å². The average Bonchev–Trinajstić information content (AvgIpc) is 3.06. The molecule has 27 heavy (non-hydrogen) atoms. The molecule has 0 bridgehead atoms. The van der Waals surface area contributed by atoms with Crippen LogP contribution in [0.2, 0.25) is 0 Å². The predicted molar refractivity (Wildman–Crippen MR) is 105 cm³/mol. The van der Waals surface area contributed by atoms with Gasteiger partial charge in [-0.3, -0.25) is 9.36 Å². The van der Waals surface area contributed by atoms with Gasteiger partial charge in [-0.1, -0.05) is 48.0 Å². The Morgan fingerprint density at radius 2 is 1.70 bits per heavy atom. The third-order valence-corrected chi connectivity index (χ3v) is 4.29. The zero-order chi connectivity index (χ0) is 19.0. The lowest BCUT2D eigenvalue weighted by Gasteiger charge is -2.09. The molecule has 0 radical (unpaired) electrons. The standard InChI is InChI=1S/C20H18N6O/c1-12-8-10-13(11-9-12)18-23-15(17(21)27)16-19(25-18)26(20(22-2)24-16)14-6-4-3-5-7-14/h3-11H,1-2H3,(H2,21,27)(H,22,24). The van der Waals surface area contributed by atoms with E-state index in [1.165, 1.54) is 0 Å². The van der Waals surface area contributed by atoms with Gasteiger partial charge in [0.25, 0.3) is 5.91 Å². The summed E-state index contributed by atoms with van der Waals surface area (Å²) < 4.78 is 1.85. The molecular formula is C20H18N6O. The van der Waals surface area contributed by atoms with Gasteiger partial charge >= 0.3 is 0 Å². The van der Waals surface area contributed by atoms with Gasteiger partial charge in [0.15, 0.2) is 17.2 Å². The second-order valence-corrected chi connectivity index (χ2v) is 6.15. The molecule has 3 N–H and O–H groups in total. The number of amides is 1. The number of benzene rings is 2. The Morgan fingerprint density at radius 3 is 2.33 bits per heavy atom. The minimum absolute atomic E-state index is 0.0988. The van der Waals surface area contributed by atoms with E-state index in [1.807, 2.05) is 66.1 Å². The monoisotopic (exact) mass is 358 g/mol. The van der Waals surface area contributed by atoms with Crippen LogP contribution in [-0.2, 0) is 0 Å². The highest BCUT2D eigenvalue weighted by molar-refractivity contribution is 6.02. The predicted octanol–water partition coefficient (Wildman–Crippen LogP) is 2.93. The minimum atomic E-state index is -0.642. The number of hydrogen-bond donors (Lipinski definition) is 2. The normalized spacial score (nSPS) is 10.9. The van der Waals surface area contributed by atoms with Crippen LogP contribution < -0.4 is 11.1 Å². The molecule has 0 atom stereocenters. The summed E-state index contributed by atoms with van der Waals surface area (Å²) in [5, 5.41) is 3.05. The summed E-state index contributed by atoms with van der Waals surface area (Å²) >= 11 is 0. The lowest BCUT2D eigenvalue weighted by atomic mass is 10.1. The highest BCUT2D eigenvalue weighted by atomic mass is 16.1. The number of aryl methyl sites for hydroxylation is 1. The maximum Gasteiger partial charge on any atom is 0.269 e. The van der Waals surface area contributed by atoms with Crippen LogP contribution in [0.3, 0.4) is 0 Å². The van der Waals surface area contributed by atoms with Gasteiger partial charge in [0, 0.05) is 12.6 Å². The van der Waals surface area contributed by atoms with Crippen LogP contribution in [0.4, 0.5) is 5.95 Å². The quantitative estimate of drug-likeness (QED) is 0.584. The topological polar surface area (TPSA) is 98.7 Å². The molecule has 4 aromatic rings. The van der Waals surface area contributed by atoms with Gasteiger partial charge < -0.3 is 11.1 Å². The van der Waals surface area contributed by atoms with E-state index in [0.717, 1.165) is 16.8 Å². The number of hydrogen-bond acceptors (Lipinski definition) is 5. The molecule has 2 aromatic heterocycles. The van der Waals surface area contributed by atoms with Crippen molar-refractivity contribution in [3.63, 3.8) is 0 Å². The molecule has 0 aliphatic heterocycles. The summed E-state index contributed by atoms with van der Waals surface area (Å²) in [6, 6.07) is 17.5. The van der Waals surface area contributed by atoms with Gasteiger partial charge in [-0.2, -0.15) is 0 Å². The van der Waals surface area contributed by atoms with Gasteiger partial charge in [0.1, 0.15) is 5.52 Å². The molecule has 2 aromatic carbocycles. The first-order valence-corrected chi connectivity index (χ1v) is 8.49. The number of nitrogens with one attached hydrogen (secondary N) is 1. The van der Waals surface area contributed by atoms with E-state index in [9.17, 15) is 4.79 Å². The molecular weight excluding hydrogens is 340 g/mol. The molecule has 2 heterocycles. The number of carbonyl (C=O) groups is 1. The largest absolute Gasteiger partial charge is 0.364 e. The molecule has 0 saturated carbocycles. The molecule has 134 valence electrons. The fourth-order valence-electron chi connectivity index (χ4n) is 2.95. The van der Waals surface area contributed by atoms with Crippen molar-refractivity contribution in [3.05, 3.63) is 65.9 Å². The summed E-state index contributed by atoms with van der Waals surface area (Å²) in [6.45, 7) is 2.01. The van der Waals surface area contributed by atoms with Crippen LogP contribution in [-0.4, -0.2) is 32.5 Å². The van der Waals surface area contributed by atoms with Crippen LogP contribution in [0.5, 0.6) is 0 Å². The molecule has 1 amide bonds. The van der Waals surface area contributed by atoms with Crippen molar-refractivity contribution in [1.82, 2.24) is 19.5 Å². The summed E-state index contributed by atoms with van der Waals surface area (Å²) in [6.07, 6.45) is 0. The molecule has 0 fully saturated rings. The van der Waals surface area contributed by atoms with Crippen molar-refractivity contribution in [2.75, 3.05) is 12.4 Å². The Hall–Kier alpha value is -3.74. The molecule has 0 spiro atoms. The third kappa shape index (κ3) is 2.89. The summed E-state index contributed by atoms with van der Waals surface area (Å²) in [4.78, 5) is 25.7. The number of nitrogens with zero attached hydrogens (tertiary/aromatic N) is 4. The zero-order valence-corrected chi connectivity index (χ0v) is 15.0. The van der Waals surface area contributed by atoms with E-state index in [-0.39, 0.29) is 5.69 Å². The number of anilines is 1. The van der Waals surface area contributed by atoms with Gasteiger partial charge in [0.2, 0.25) is 5.95 Å². The lowest BCUT2D eigenvalue weighted by Crippen LogP contribution is -2.15. The van der Waals surface area contributed by atoms with E-state index in [1.54, 1.807) is 7.05 Å². The van der Waals surface area contributed by atoms with Crippen molar-refractivity contribution < 1.29 is 4.79 Å². The third-order valence-electron chi connectivity index (χ3n) is 4.29. The Balaban J connectivity index is 2.06. The van der Waals surface area contributed by atoms with Crippen LogP contribution in [0.25, 0.3) is 28.2 Å². The summed E-state index contributed by atoms with van der Waals surface area (Å²) in [5.74, 6) is 0.334. The van der Waals surface area contributed by atoms with E-state index in [0.29, 0.717) is 22.9 Å².